The molecule has 0 unspecified atom stereocenters. The largest absolute Gasteiger partial charge is 0.379 e. The van der Waals surface area contributed by atoms with Crippen LogP contribution in [0.1, 0.15) is 20.9 Å². The van der Waals surface area contributed by atoms with Crippen molar-refractivity contribution < 1.29 is 9.53 Å². The lowest BCUT2D eigenvalue weighted by atomic mass is 10.1. The molecule has 0 radical (unpaired) electrons. The molecule has 0 saturated carbocycles. The molecule has 2 aromatic heterocycles. The molecule has 0 atom stereocenters. The number of thiophene rings is 1. The second kappa shape index (κ2) is 12.2. The monoisotopic (exact) mass is 516 g/mol. The first kappa shape index (κ1) is 25.2. The zero-order chi connectivity index (χ0) is 25.5. The van der Waals surface area contributed by atoms with E-state index in [1.54, 1.807) is 20.5 Å². The Bertz CT molecular complexity index is 1340. The quantitative estimate of drug-likeness (QED) is 0.349. The van der Waals surface area contributed by atoms with Crippen molar-refractivity contribution in [2.24, 2.45) is 0 Å². The molecule has 5 rings (SSSR count). The number of rotatable bonds is 10. The number of ether oxygens (including phenoxy) is 1. The molecule has 8 heteroatoms. The van der Waals surface area contributed by atoms with Crippen LogP contribution >= 0.6 is 11.3 Å². The van der Waals surface area contributed by atoms with Gasteiger partial charge in [0.25, 0.3) is 5.91 Å². The molecular formula is C29H32N4O3S. The third-order valence-corrected chi connectivity index (χ3v) is 7.53. The first-order valence-corrected chi connectivity index (χ1v) is 13.6. The number of benzene rings is 2. The summed E-state index contributed by atoms with van der Waals surface area (Å²) >= 11 is 1.61. The summed E-state index contributed by atoms with van der Waals surface area (Å²) in [6, 6.07) is 23.9. The van der Waals surface area contributed by atoms with Gasteiger partial charge in [0.15, 0.2) is 0 Å². The lowest BCUT2D eigenvalue weighted by Gasteiger charge is -2.26. The van der Waals surface area contributed by atoms with Crippen molar-refractivity contribution in [3.05, 3.63) is 105 Å². The summed E-state index contributed by atoms with van der Waals surface area (Å²) in [6.45, 7) is 5.08. The van der Waals surface area contributed by atoms with Crippen LogP contribution < -0.4 is 11.0 Å². The molecule has 37 heavy (non-hydrogen) atoms. The second-order valence-electron chi connectivity index (χ2n) is 9.11. The van der Waals surface area contributed by atoms with E-state index in [1.165, 1.54) is 0 Å². The fourth-order valence-electron chi connectivity index (χ4n) is 4.74. The molecule has 1 fully saturated rings. The van der Waals surface area contributed by atoms with Crippen molar-refractivity contribution in [3.8, 4) is 11.3 Å². The highest BCUT2D eigenvalue weighted by molar-refractivity contribution is 7.09. The maximum Gasteiger partial charge on any atom is 0.329 e. The van der Waals surface area contributed by atoms with E-state index in [0.717, 1.165) is 35.5 Å². The molecule has 1 aliphatic rings. The van der Waals surface area contributed by atoms with E-state index in [1.807, 2.05) is 66.0 Å². The summed E-state index contributed by atoms with van der Waals surface area (Å²) in [5.41, 5.74) is 2.95. The van der Waals surface area contributed by atoms with Gasteiger partial charge in [-0.2, -0.15) is 0 Å². The van der Waals surface area contributed by atoms with Gasteiger partial charge in [0, 0.05) is 43.2 Å². The van der Waals surface area contributed by atoms with Crippen LogP contribution in [-0.2, 0) is 24.2 Å². The van der Waals surface area contributed by atoms with E-state index in [9.17, 15) is 9.59 Å². The van der Waals surface area contributed by atoms with Crippen LogP contribution in [0.5, 0.6) is 0 Å². The van der Waals surface area contributed by atoms with Gasteiger partial charge in [-0.1, -0.05) is 66.7 Å². The number of nitrogens with one attached hydrogen (secondary N) is 1. The molecule has 0 aliphatic carbocycles. The van der Waals surface area contributed by atoms with Crippen LogP contribution in [0.4, 0.5) is 0 Å². The summed E-state index contributed by atoms with van der Waals surface area (Å²) in [5.74, 6) is -0.223. The van der Waals surface area contributed by atoms with E-state index in [0.29, 0.717) is 50.8 Å². The summed E-state index contributed by atoms with van der Waals surface area (Å²) in [6.07, 6.45) is 0.723. The van der Waals surface area contributed by atoms with Gasteiger partial charge in [-0.15, -0.1) is 11.3 Å². The van der Waals surface area contributed by atoms with Gasteiger partial charge >= 0.3 is 5.69 Å². The highest BCUT2D eigenvalue weighted by Gasteiger charge is 2.27. The predicted octanol–water partition coefficient (Wildman–Crippen LogP) is 3.73. The number of morpholine rings is 1. The molecule has 1 saturated heterocycles. The lowest BCUT2D eigenvalue weighted by molar-refractivity contribution is 0.0361. The average molecular weight is 517 g/mol. The van der Waals surface area contributed by atoms with Gasteiger partial charge in [-0.3, -0.25) is 18.8 Å². The highest BCUT2D eigenvalue weighted by atomic mass is 32.1. The molecule has 0 spiro atoms. The molecule has 0 bridgehead atoms. The van der Waals surface area contributed by atoms with Crippen LogP contribution in [0.2, 0.25) is 0 Å². The molecule has 1 amide bonds. The zero-order valence-corrected chi connectivity index (χ0v) is 21.7. The predicted molar refractivity (Wildman–Crippen MR) is 147 cm³/mol. The van der Waals surface area contributed by atoms with Crippen molar-refractivity contribution >= 4 is 17.2 Å². The fraction of sp³-hybridized carbons (Fsp3) is 0.310. The minimum atomic E-state index is -0.223. The van der Waals surface area contributed by atoms with E-state index in [4.69, 9.17) is 4.74 Å². The van der Waals surface area contributed by atoms with Crippen molar-refractivity contribution in [2.45, 2.75) is 19.5 Å². The smallest absolute Gasteiger partial charge is 0.329 e. The Morgan fingerprint density at radius 2 is 1.62 bits per heavy atom. The number of hydrogen-bond donors (Lipinski definition) is 1. The Labute approximate surface area is 220 Å². The number of nitrogens with zero attached hydrogens (tertiary/aromatic N) is 3. The highest BCUT2D eigenvalue weighted by Crippen LogP contribution is 2.25. The topological polar surface area (TPSA) is 68.5 Å². The summed E-state index contributed by atoms with van der Waals surface area (Å²) in [7, 11) is 0. The zero-order valence-electron chi connectivity index (χ0n) is 20.8. The van der Waals surface area contributed by atoms with Gasteiger partial charge in [0.1, 0.15) is 5.69 Å². The third kappa shape index (κ3) is 6.10. The van der Waals surface area contributed by atoms with Crippen LogP contribution in [-0.4, -0.2) is 59.3 Å². The van der Waals surface area contributed by atoms with Crippen LogP contribution in [0.25, 0.3) is 11.3 Å². The van der Waals surface area contributed by atoms with Crippen molar-refractivity contribution in [3.63, 3.8) is 0 Å². The molecule has 192 valence electrons. The summed E-state index contributed by atoms with van der Waals surface area (Å²) in [4.78, 5) is 31.0. The molecule has 1 aliphatic heterocycles. The number of hydrogen-bond acceptors (Lipinski definition) is 5. The molecule has 3 heterocycles. The van der Waals surface area contributed by atoms with Crippen molar-refractivity contribution in [2.75, 3.05) is 39.4 Å². The third-order valence-electron chi connectivity index (χ3n) is 6.67. The van der Waals surface area contributed by atoms with Gasteiger partial charge in [0.05, 0.1) is 25.5 Å². The summed E-state index contributed by atoms with van der Waals surface area (Å²) in [5, 5.41) is 5.10. The number of amides is 1. The van der Waals surface area contributed by atoms with E-state index in [-0.39, 0.29) is 11.6 Å². The van der Waals surface area contributed by atoms with Crippen molar-refractivity contribution in [1.29, 1.82) is 0 Å². The molecule has 4 aromatic rings. The van der Waals surface area contributed by atoms with E-state index < -0.39 is 0 Å². The van der Waals surface area contributed by atoms with Gasteiger partial charge in [-0.25, -0.2) is 4.79 Å². The standard InChI is InChI=1S/C29H32N4O3S/c34-28(30-14-13-23-8-3-1-4-9-23)27-26(24-10-5-2-6-11-24)33(22-25-12-7-21-37-25)29(35)32(27)16-15-31-17-19-36-20-18-31/h1-12,21H,13-20,22H2,(H,30,34). The van der Waals surface area contributed by atoms with Gasteiger partial charge in [0.2, 0.25) is 0 Å². The summed E-state index contributed by atoms with van der Waals surface area (Å²) < 4.78 is 8.91. The molecule has 2 aromatic carbocycles. The van der Waals surface area contributed by atoms with Crippen LogP contribution in [0.15, 0.2) is 83.0 Å². The first-order valence-electron chi connectivity index (χ1n) is 12.7. The fourth-order valence-corrected chi connectivity index (χ4v) is 5.43. The molecular weight excluding hydrogens is 484 g/mol. The normalized spacial score (nSPS) is 14.1. The number of imidazole rings is 1. The average Bonchev–Trinajstić information content (AvgIpc) is 3.55. The maximum absolute atomic E-state index is 13.9. The minimum absolute atomic E-state index is 0.159. The minimum Gasteiger partial charge on any atom is -0.379 e. The Balaban J connectivity index is 1.51. The number of aromatic nitrogens is 2. The van der Waals surface area contributed by atoms with Crippen molar-refractivity contribution in [1.82, 2.24) is 19.4 Å². The number of carbonyl (C=O) groups is 1. The molecule has 7 nitrogen and oxygen atoms in total. The molecule has 1 N–H and O–H groups in total. The van der Waals surface area contributed by atoms with Gasteiger partial charge in [-0.05, 0) is 23.4 Å². The second-order valence-corrected chi connectivity index (χ2v) is 10.1. The van der Waals surface area contributed by atoms with E-state index in [2.05, 4.69) is 22.3 Å². The first-order chi connectivity index (χ1) is 18.2. The Morgan fingerprint density at radius 3 is 2.32 bits per heavy atom. The SMILES string of the molecule is O=C(NCCc1ccccc1)c1c(-c2ccccc2)n(Cc2cccs2)c(=O)n1CCN1CCOCC1. The van der Waals surface area contributed by atoms with Crippen LogP contribution in [0.3, 0.4) is 0 Å². The van der Waals surface area contributed by atoms with E-state index >= 15 is 0 Å². The number of carbonyl (C=O) groups excluding carboxylic acids is 1. The Morgan fingerprint density at radius 1 is 0.892 bits per heavy atom. The lowest BCUT2D eigenvalue weighted by Crippen LogP contribution is -2.40. The van der Waals surface area contributed by atoms with Crippen LogP contribution in [0, 0.1) is 0 Å². The Hall–Kier alpha value is -3.46. The van der Waals surface area contributed by atoms with Gasteiger partial charge < -0.3 is 10.1 Å². The maximum atomic E-state index is 13.9. The Kier molecular flexibility index (Phi) is 8.30.